The third-order valence-corrected chi connectivity index (χ3v) is 5.63. The number of esters is 2. The van der Waals surface area contributed by atoms with Gasteiger partial charge in [-0.25, -0.2) is 9.59 Å². The molecule has 4 nitrogen and oxygen atoms in total. The molecule has 0 saturated carbocycles. The van der Waals surface area contributed by atoms with E-state index in [0.717, 1.165) is 28.7 Å². The molecule has 0 spiro atoms. The summed E-state index contributed by atoms with van der Waals surface area (Å²) in [5.41, 5.74) is 4.29. The molecule has 0 aliphatic rings. The highest BCUT2D eigenvalue weighted by atomic mass is 16.6. The summed E-state index contributed by atoms with van der Waals surface area (Å²) < 4.78 is 12.0. The fraction of sp³-hybridized carbons (Fsp3) is 0.133. The van der Waals surface area contributed by atoms with Gasteiger partial charge in [-0.1, -0.05) is 86.6 Å². The molecule has 0 heterocycles. The van der Waals surface area contributed by atoms with Crippen LogP contribution >= 0.6 is 0 Å². The number of carbonyl (C=O) groups is 2. The van der Waals surface area contributed by atoms with E-state index in [-0.39, 0.29) is 11.5 Å². The van der Waals surface area contributed by atoms with E-state index in [1.54, 1.807) is 48.5 Å². The molecule has 0 amide bonds. The topological polar surface area (TPSA) is 52.6 Å². The van der Waals surface area contributed by atoms with Crippen LogP contribution in [0, 0.1) is 0 Å². The van der Waals surface area contributed by atoms with Gasteiger partial charge in [0.1, 0.15) is 0 Å². The lowest BCUT2D eigenvalue weighted by Gasteiger charge is -2.21. The minimum atomic E-state index is -0.509. The highest BCUT2D eigenvalue weighted by Gasteiger charge is 2.25. The number of aryl methyl sites for hydroxylation is 2. The summed E-state index contributed by atoms with van der Waals surface area (Å²) in [6.07, 6.45) is 1.33. The Morgan fingerprint density at radius 2 is 1.03 bits per heavy atom. The van der Waals surface area contributed by atoms with Gasteiger partial charge in [-0.05, 0) is 53.8 Å². The predicted molar refractivity (Wildman–Crippen MR) is 133 cm³/mol. The Labute approximate surface area is 199 Å². The zero-order valence-electron chi connectivity index (χ0n) is 19.3. The van der Waals surface area contributed by atoms with Gasteiger partial charge in [0, 0.05) is 5.56 Å². The van der Waals surface area contributed by atoms with Crippen molar-refractivity contribution in [3.05, 3.63) is 119 Å². The van der Waals surface area contributed by atoms with E-state index >= 15 is 0 Å². The third kappa shape index (κ3) is 4.91. The first-order valence-corrected chi connectivity index (χ1v) is 11.4. The first-order chi connectivity index (χ1) is 16.6. The van der Waals surface area contributed by atoms with Crippen LogP contribution in [0.15, 0.2) is 97.1 Å². The van der Waals surface area contributed by atoms with Crippen LogP contribution in [0.2, 0.25) is 0 Å². The van der Waals surface area contributed by atoms with E-state index in [1.807, 2.05) is 55.5 Å². The Bertz CT molecular complexity index is 1280. The highest BCUT2D eigenvalue weighted by Crippen LogP contribution is 2.44. The Morgan fingerprint density at radius 3 is 1.50 bits per heavy atom. The normalized spacial score (nSPS) is 10.5. The minimum Gasteiger partial charge on any atom is -0.419 e. The van der Waals surface area contributed by atoms with E-state index in [9.17, 15) is 9.59 Å². The average molecular weight is 451 g/mol. The molecule has 0 aliphatic heterocycles. The standard InChI is InChI=1S/C30H26O4/c1-3-21-20-22(4-2)27(33-29(31)24-16-10-6-11-17-24)28(26(21)23-14-8-5-9-15-23)34-30(32)25-18-12-7-13-19-25/h5-20H,3-4H2,1-2H3. The molecule has 34 heavy (non-hydrogen) atoms. The molecular formula is C30H26O4. The van der Waals surface area contributed by atoms with Gasteiger partial charge < -0.3 is 9.47 Å². The summed E-state index contributed by atoms with van der Waals surface area (Å²) in [7, 11) is 0. The van der Waals surface area contributed by atoms with Gasteiger partial charge in [-0.3, -0.25) is 0 Å². The van der Waals surface area contributed by atoms with E-state index < -0.39 is 11.9 Å². The van der Waals surface area contributed by atoms with E-state index in [1.165, 1.54) is 0 Å². The van der Waals surface area contributed by atoms with Gasteiger partial charge in [0.15, 0.2) is 11.5 Å². The summed E-state index contributed by atoms with van der Waals surface area (Å²) in [6.45, 7) is 4.04. The van der Waals surface area contributed by atoms with Crippen LogP contribution in [0.25, 0.3) is 11.1 Å². The predicted octanol–water partition coefficient (Wildman–Crippen LogP) is 6.92. The molecule has 0 fully saturated rings. The molecule has 4 aromatic rings. The van der Waals surface area contributed by atoms with Crippen molar-refractivity contribution in [2.24, 2.45) is 0 Å². The quantitative estimate of drug-likeness (QED) is 0.227. The average Bonchev–Trinajstić information content (AvgIpc) is 2.90. The number of carbonyl (C=O) groups excluding carboxylic acids is 2. The first kappa shape index (κ1) is 23.0. The van der Waals surface area contributed by atoms with Gasteiger partial charge in [0.2, 0.25) is 0 Å². The number of ether oxygens (including phenoxy) is 2. The Balaban J connectivity index is 1.90. The Kier molecular flexibility index (Phi) is 7.19. The van der Waals surface area contributed by atoms with E-state index in [4.69, 9.17) is 9.47 Å². The van der Waals surface area contributed by atoms with Crippen molar-refractivity contribution in [1.82, 2.24) is 0 Å². The van der Waals surface area contributed by atoms with Crippen molar-refractivity contribution in [3.8, 4) is 22.6 Å². The third-order valence-electron chi connectivity index (χ3n) is 5.63. The van der Waals surface area contributed by atoms with Crippen LogP contribution in [-0.2, 0) is 12.8 Å². The molecule has 0 aromatic heterocycles. The van der Waals surface area contributed by atoms with Crippen LogP contribution in [0.1, 0.15) is 45.7 Å². The zero-order valence-corrected chi connectivity index (χ0v) is 19.3. The lowest BCUT2D eigenvalue weighted by molar-refractivity contribution is 0.0681. The number of rotatable bonds is 7. The molecule has 4 heteroatoms. The van der Waals surface area contributed by atoms with Crippen molar-refractivity contribution >= 4 is 11.9 Å². The van der Waals surface area contributed by atoms with Crippen LogP contribution in [0.3, 0.4) is 0 Å². The molecular weight excluding hydrogens is 424 g/mol. The van der Waals surface area contributed by atoms with E-state index in [0.29, 0.717) is 17.5 Å². The van der Waals surface area contributed by atoms with Gasteiger partial charge in [-0.2, -0.15) is 0 Å². The zero-order chi connectivity index (χ0) is 23.9. The highest BCUT2D eigenvalue weighted by molar-refractivity contribution is 5.95. The lowest BCUT2D eigenvalue weighted by atomic mass is 9.93. The molecule has 0 aliphatic carbocycles. The second-order valence-electron chi connectivity index (χ2n) is 7.81. The van der Waals surface area contributed by atoms with Gasteiger partial charge in [0.25, 0.3) is 0 Å². The first-order valence-electron chi connectivity index (χ1n) is 11.4. The maximum Gasteiger partial charge on any atom is 0.343 e. The van der Waals surface area contributed by atoms with Crippen LogP contribution < -0.4 is 9.47 Å². The smallest absolute Gasteiger partial charge is 0.343 e. The largest absolute Gasteiger partial charge is 0.419 e. The molecule has 4 aromatic carbocycles. The fourth-order valence-electron chi connectivity index (χ4n) is 3.88. The Morgan fingerprint density at radius 1 is 0.588 bits per heavy atom. The van der Waals surface area contributed by atoms with Crippen LogP contribution in [0.4, 0.5) is 0 Å². The van der Waals surface area contributed by atoms with Gasteiger partial charge in [0.05, 0.1) is 11.1 Å². The summed E-state index contributed by atoms with van der Waals surface area (Å²) in [5.74, 6) is -0.474. The molecule has 0 bridgehead atoms. The maximum atomic E-state index is 13.1. The van der Waals surface area contributed by atoms with Crippen molar-refractivity contribution in [2.75, 3.05) is 0 Å². The number of benzene rings is 4. The lowest BCUT2D eigenvalue weighted by Crippen LogP contribution is -2.15. The van der Waals surface area contributed by atoms with Gasteiger partial charge >= 0.3 is 11.9 Å². The molecule has 170 valence electrons. The molecule has 0 atom stereocenters. The van der Waals surface area contributed by atoms with Crippen LogP contribution in [0.5, 0.6) is 11.5 Å². The molecule has 0 N–H and O–H groups in total. The summed E-state index contributed by atoms with van der Waals surface area (Å²) in [6, 6.07) is 29.4. The minimum absolute atomic E-state index is 0.264. The molecule has 0 radical (unpaired) electrons. The van der Waals surface area contributed by atoms with Crippen molar-refractivity contribution in [2.45, 2.75) is 26.7 Å². The molecule has 0 unspecified atom stereocenters. The van der Waals surface area contributed by atoms with Crippen LogP contribution in [-0.4, -0.2) is 11.9 Å². The van der Waals surface area contributed by atoms with Crippen molar-refractivity contribution < 1.29 is 19.1 Å². The summed E-state index contributed by atoms with van der Waals surface area (Å²) in [4.78, 5) is 26.2. The monoisotopic (exact) mass is 450 g/mol. The van der Waals surface area contributed by atoms with Crippen molar-refractivity contribution in [3.63, 3.8) is 0 Å². The molecule has 0 saturated heterocycles. The number of hydrogen-bond acceptors (Lipinski definition) is 4. The second-order valence-corrected chi connectivity index (χ2v) is 7.81. The summed E-state index contributed by atoms with van der Waals surface area (Å²) >= 11 is 0. The summed E-state index contributed by atoms with van der Waals surface area (Å²) in [5, 5.41) is 0. The maximum absolute atomic E-state index is 13.1. The Hall–Kier alpha value is -4.18. The second kappa shape index (κ2) is 10.6. The van der Waals surface area contributed by atoms with Crippen molar-refractivity contribution in [1.29, 1.82) is 0 Å². The fourth-order valence-corrected chi connectivity index (χ4v) is 3.88. The SMILES string of the molecule is CCc1cc(CC)c(-c2ccccc2)c(OC(=O)c2ccccc2)c1OC(=O)c1ccccc1. The molecule has 4 rings (SSSR count). The van der Waals surface area contributed by atoms with E-state index in [2.05, 4.69) is 6.92 Å². The number of hydrogen-bond donors (Lipinski definition) is 0. The van der Waals surface area contributed by atoms with Gasteiger partial charge in [-0.15, -0.1) is 0 Å².